The molecule has 0 aliphatic carbocycles. The van der Waals surface area contributed by atoms with E-state index in [0.29, 0.717) is 0 Å². The van der Waals surface area contributed by atoms with E-state index in [0.717, 1.165) is 21.3 Å². The highest BCUT2D eigenvalue weighted by atomic mass is 32.1. The minimum Gasteiger partial charge on any atom is -0.391 e. The van der Waals surface area contributed by atoms with E-state index in [-0.39, 0.29) is 6.61 Å². The Morgan fingerprint density at radius 1 is 1.22 bits per heavy atom. The Bertz CT molecular complexity index is 541. The van der Waals surface area contributed by atoms with Crippen LogP contribution in [0, 0.1) is 13.8 Å². The van der Waals surface area contributed by atoms with Crippen molar-refractivity contribution in [3.8, 4) is 11.3 Å². The average molecular weight is 262 g/mol. The lowest BCUT2D eigenvalue weighted by Crippen LogP contribution is -2.07. The van der Waals surface area contributed by atoms with Crippen LogP contribution < -0.4 is 4.90 Å². The van der Waals surface area contributed by atoms with Crippen molar-refractivity contribution in [3.63, 3.8) is 0 Å². The number of aromatic nitrogens is 1. The summed E-state index contributed by atoms with van der Waals surface area (Å²) in [4.78, 5) is 7.56. The molecule has 96 valence electrons. The molecular formula is C14H18N2OS. The van der Waals surface area contributed by atoms with Crippen LogP contribution in [-0.2, 0) is 6.61 Å². The van der Waals surface area contributed by atoms with Crippen molar-refractivity contribution in [2.24, 2.45) is 0 Å². The highest BCUT2D eigenvalue weighted by molar-refractivity contribution is 7.16. The number of rotatable bonds is 3. The third-order valence-electron chi connectivity index (χ3n) is 2.93. The third-order valence-corrected chi connectivity index (χ3v) is 4.14. The molecule has 1 N–H and O–H groups in total. The lowest BCUT2D eigenvalue weighted by molar-refractivity contribution is 0.286. The summed E-state index contributed by atoms with van der Waals surface area (Å²) in [7, 11) is 3.93. The Balaban J connectivity index is 2.63. The number of aliphatic hydroxyl groups is 1. The number of anilines is 1. The van der Waals surface area contributed by atoms with Crippen LogP contribution in [0.3, 0.4) is 0 Å². The minimum absolute atomic E-state index is 0.0363. The number of benzene rings is 1. The summed E-state index contributed by atoms with van der Waals surface area (Å²) in [6, 6.07) is 6.21. The predicted molar refractivity (Wildman–Crippen MR) is 77.3 cm³/mol. The van der Waals surface area contributed by atoms with Gasteiger partial charge in [-0.05, 0) is 25.0 Å². The first-order valence-electron chi connectivity index (χ1n) is 5.89. The normalized spacial score (nSPS) is 10.7. The van der Waals surface area contributed by atoms with E-state index >= 15 is 0 Å². The van der Waals surface area contributed by atoms with Crippen molar-refractivity contribution in [2.75, 3.05) is 19.0 Å². The predicted octanol–water partition coefficient (Wildman–Crippen LogP) is 2.99. The smallest absolute Gasteiger partial charge is 0.185 e. The maximum atomic E-state index is 9.51. The first kappa shape index (κ1) is 13.1. The number of nitrogens with zero attached hydrogens (tertiary/aromatic N) is 2. The molecular weight excluding hydrogens is 244 g/mol. The van der Waals surface area contributed by atoms with Crippen molar-refractivity contribution in [2.45, 2.75) is 20.5 Å². The number of aryl methyl sites for hydroxylation is 2. The second kappa shape index (κ2) is 5.08. The molecule has 0 aliphatic heterocycles. The first-order chi connectivity index (χ1) is 8.54. The van der Waals surface area contributed by atoms with E-state index in [1.165, 1.54) is 11.1 Å². The van der Waals surface area contributed by atoms with Gasteiger partial charge in [-0.2, -0.15) is 0 Å². The fraction of sp³-hybridized carbons (Fsp3) is 0.357. The Morgan fingerprint density at radius 2 is 1.83 bits per heavy atom. The average Bonchev–Trinajstić information content (AvgIpc) is 2.73. The molecule has 4 heteroatoms. The Hall–Kier alpha value is -1.39. The van der Waals surface area contributed by atoms with Gasteiger partial charge >= 0.3 is 0 Å². The highest BCUT2D eigenvalue weighted by Crippen LogP contribution is 2.35. The monoisotopic (exact) mass is 262 g/mol. The molecule has 1 aromatic carbocycles. The van der Waals surface area contributed by atoms with Crippen LogP contribution in [0.5, 0.6) is 0 Å². The quantitative estimate of drug-likeness (QED) is 0.924. The van der Waals surface area contributed by atoms with Gasteiger partial charge in [0, 0.05) is 19.7 Å². The summed E-state index contributed by atoms with van der Waals surface area (Å²) < 4.78 is 0. The largest absolute Gasteiger partial charge is 0.391 e. The summed E-state index contributed by atoms with van der Waals surface area (Å²) in [6.45, 7) is 4.20. The molecule has 2 rings (SSSR count). The molecule has 0 saturated heterocycles. The number of thiazole rings is 1. The van der Waals surface area contributed by atoms with Crippen LogP contribution in [0.25, 0.3) is 11.3 Å². The van der Waals surface area contributed by atoms with E-state index in [1.807, 2.05) is 25.1 Å². The second-order valence-electron chi connectivity index (χ2n) is 4.59. The molecule has 1 aromatic heterocycles. The zero-order chi connectivity index (χ0) is 13.3. The molecule has 0 fully saturated rings. The van der Waals surface area contributed by atoms with Crippen LogP contribution in [0.2, 0.25) is 0 Å². The van der Waals surface area contributed by atoms with Crippen LogP contribution in [0.1, 0.15) is 16.0 Å². The number of hydrogen-bond donors (Lipinski definition) is 1. The molecule has 0 spiro atoms. The van der Waals surface area contributed by atoms with Gasteiger partial charge in [-0.25, -0.2) is 4.98 Å². The van der Waals surface area contributed by atoms with Crippen molar-refractivity contribution in [1.29, 1.82) is 0 Å². The van der Waals surface area contributed by atoms with Gasteiger partial charge in [0.05, 0.1) is 17.2 Å². The van der Waals surface area contributed by atoms with Crippen LogP contribution in [-0.4, -0.2) is 24.2 Å². The Kier molecular flexibility index (Phi) is 3.68. The minimum atomic E-state index is 0.0363. The fourth-order valence-electron chi connectivity index (χ4n) is 2.02. The molecule has 0 atom stereocenters. The van der Waals surface area contributed by atoms with Gasteiger partial charge in [-0.1, -0.05) is 29.5 Å². The van der Waals surface area contributed by atoms with Crippen molar-refractivity contribution in [1.82, 2.24) is 4.98 Å². The van der Waals surface area contributed by atoms with E-state index in [1.54, 1.807) is 11.3 Å². The summed E-state index contributed by atoms with van der Waals surface area (Å²) in [5, 5.41) is 10.4. The van der Waals surface area contributed by atoms with Crippen molar-refractivity contribution >= 4 is 16.5 Å². The van der Waals surface area contributed by atoms with E-state index in [2.05, 4.69) is 31.0 Å². The Morgan fingerprint density at radius 3 is 2.33 bits per heavy atom. The lowest BCUT2D eigenvalue weighted by Gasteiger charge is -2.09. The van der Waals surface area contributed by atoms with Gasteiger partial charge in [-0.15, -0.1) is 0 Å². The summed E-state index contributed by atoms with van der Waals surface area (Å²) in [5.41, 5.74) is 4.45. The van der Waals surface area contributed by atoms with Crippen LogP contribution in [0.4, 0.5) is 5.13 Å². The molecule has 1 heterocycles. The van der Waals surface area contributed by atoms with Gasteiger partial charge in [0.15, 0.2) is 5.13 Å². The topological polar surface area (TPSA) is 36.4 Å². The van der Waals surface area contributed by atoms with Crippen molar-refractivity contribution < 1.29 is 5.11 Å². The molecule has 3 nitrogen and oxygen atoms in total. The zero-order valence-corrected chi connectivity index (χ0v) is 12.0. The first-order valence-corrected chi connectivity index (χ1v) is 6.70. The van der Waals surface area contributed by atoms with E-state index in [9.17, 15) is 5.11 Å². The van der Waals surface area contributed by atoms with Gasteiger partial charge in [-0.3, -0.25) is 0 Å². The molecule has 0 unspecified atom stereocenters. The molecule has 2 aromatic rings. The Labute approximate surface area is 112 Å². The maximum absolute atomic E-state index is 9.51. The number of hydrogen-bond acceptors (Lipinski definition) is 4. The molecule has 18 heavy (non-hydrogen) atoms. The van der Waals surface area contributed by atoms with Gasteiger partial charge < -0.3 is 10.0 Å². The van der Waals surface area contributed by atoms with Crippen LogP contribution in [0.15, 0.2) is 18.2 Å². The third kappa shape index (κ3) is 2.26. The molecule has 0 saturated carbocycles. The summed E-state index contributed by atoms with van der Waals surface area (Å²) in [5.74, 6) is 0. The maximum Gasteiger partial charge on any atom is 0.185 e. The second-order valence-corrected chi connectivity index (χ2v) is 5.65. The molecule has 0 aliphatic rings. The van der Waals surface area contributed by atoms with Crippen molar-refractivity contribution in [3.05, 3.63) is 34.2 Å². The van der Waals surface area contributed by atoms with Gasteiger partial charge in [0.2, 0.25) is 0 Å². The SMILES string of the molecule is Cc1cccc(C)c1-c1nc(N(C)C)sc1CO. The van der Waals surface area contributed by atoms with E-state index < -0.39 is 0 Å². The lowest BCUT2D eigenvalue weighted by atomic mass is 9.99. The van der Waals surface area contributed by atoms with Gasteiger partial charge in [0.1, 0.15) is 0 Å². The zero-order valence-electron chi connectivity index (χ0n) is 11.2. The highest BCUT2D eigenvalue weighted by Gasteiger charge is 2.16. The summed E-state index contributed by atoms with van der Waals surface area (Å²) in [6.07, 6.45) is 0. The molecule has 0 bridgehead atoms. The van der Waals surface area contributed by atoms with Crippen LogP contribution >= 0.6 is 11.3 Å². The van der Waals surface area contributed by atoms with E-state index in [4.69, 9.17) is 0 Å². The number of aliphatic hydroxyl groups excluding tert-OH is 1. The molecule has 0 radical (unpaired) electrons. The fourth-order valence-corrected chi connectivity index (χ4v) is 2.87. The standard InChI is InChI=1S/C14H18N2OS/c1-9-6-5-7-10(2)12(9)13-11(8-17)18-14(15-13)16(3)4/h5-7,17H,8H2,1-4H3. The molecule has 0 amide bonds. The summed E-state index contributed by atoms with van der Waals surface area (Å²) >= 11 is 1.54. The van der Waals surface area contributed by atoms with Gasteiger partial charge in [0.25, 0.3) is 0 Å².